The van der Waals surface area contributed by atoms with Gasteiger partial charge in [0.1, 0.15) is 18.1 Å². The Labute approximate surface area is 272 Å². The topological polar surface area (TPSA) is 273 Å². The molecule has 16 nitrogen and oxygen atoms in total. The number of guanidine groups is 1. The van der Waals surface area contributed by atoms with Gasteiger partial charge in [0.2, 0.25) is 29.5 Å². The number of nitrogens with two attached hydrogens (primary N) is 3. The molecule has 0 aliphatic rings. The van der Waals surface area contributed by atoms with Gasteiger partial charge in [-0.05, 0) is 37.3 Å². The minimum atomic E-state index is -1.27. The highest BCUT2D eigenvalue weighted by Gasteiger charge is 2.25. The molecule has 2 aromatic carbocycles. The van der Waals surface area contributed by atoms with Gasteiger partial charge < -0.3 is 48.9 Å². The summed E-state index contributed by atoms with van der Waals surface area (Å²) in [5.41, 5.74) is 18.0. The Morgan fingerprint density at radius 3 is 1.77 bits per heavy atom. The molecule has 0 heterocycles. The summed E-state index contributed by atoms with van der Waals surface area (Å²) in [6.45, 7) is 0.554. The van der Waals surface area contributed by atoms with Crippen LogP contribution < -0.4 is 43.8 Å². The van der Waals surface area contributed by atoms with Gasteiger partial charge in [0.25, 0.3) is 0 Å². The average molecular weight is 654 g/mol. The minimum absolute atomic E-state index is 0.0486. The number of aliphatic carboxylic acids is 1. The number of benzene rings is 2. The number of nitrogens with one attached hydrogen (secondary N) is 5. The zero-order chi connectivity index (χ0) is 34.8. The first-order chi connectivity index (χ1) is 22.3. The average Bonchev–Trinajstić information content (AvgIpc) is 3.04. The van der Waals surface area contributed by atoms with Crippen molar-refractivity contribution >= 4 is 41.5 Å². The number of carbonyl (C=O) groups is 6. The summed E-state index contributed by atoms with van der Waals surface area (Å²) in [7, 11) is 0. The van der Waals surface area contributed by atoms with Gasteiger partial charge in [0, 0.05) is 13.0 Å². The molecule has 0 aliphatic carbocycles. The van der Waals surface area contributed by atoms with Crippen molar-refractivity contribution in [2.45, 2.75) is 56.8 Å². The third kappa shape index (κ3) is 14.9. The summed E-state index contributed by atoms with van der Waals surface area (Å²) < 4.78 is 0. The molecule has 254 valence electrons. The second-order valence-electron chi connectivity index (χ2n) is 10.7. The summed E-state index contributed by atoms with van der Waals surface area (Å²) in [6, 6.07) is 13.7. The molecule has 4 unspecified atom stereocenters. The van der Waals surface area contributed by atoms with Crippen molar-refractivity contribution in [3.8, 4) is 0 Å². The predicted octanol–water partition coefficient (Wildman–Crippen LogP) is -2.36. The maximum absolute atomic E-state index is 13.0. The lowest BCUT2D eigenvalue weighted by Crippen LogP contribution is -2.54. The second kappa shape index (κ2) is 19.8. The van der Waals surface area contributed by atoms with Crippen molar-refractivity contribution in [2.75, 3.05) is 19.6 Å². The summed E-state index contributed by atoms with van der Waals surface area (Å²) in [5.74, 6) is -4.76. The molecule has 0 spiro atoms. The highest BCUT2D eigenvalue weighted by Crippen LogP contribution is 2.05. The van der Waals surface area contributed by atoms with E-state index in [-0.39, 0.29) is 38.2 Å². The van der Waals surface area contributed by atoms with Gasteiger partial charge in [-0.2, -0.15) is 0 Å². The van der Waals surface area contributed by atoms with Crippen LogP contribution in [0.15, 0.2) is 65.7 Å². The van der Waals surface area contributed by atoms with Crippen LogP contribution in [0.2, 0.25) is 0 Å². The largest absolute Gasteiger partial charge is 0.480 e. The van der Waals surface area contributed by atoms with E-state index in [9.17, 15) is 33.9 Å². The van der Waals surface area contributed by atoms with Gasteiger partial charge in [0.05, 0.1) is 19.1 Å². The van der Waals surface area contributed by atoms with E-state index >= 15 is 0 Å². The van der Waals surface area contributed by atoms with E-state index in [4.69, 9.17) is 17.2 Å². The van der Waals surface area contributed by atoms with Crippen LogP contribution in [0.4, 0.5) is 0 Å². The Balaban J connectivity index is 1.90. The van der Waals surface area contributed by atoms with E-state index in [2.05, 4.69) is 31.6 Å². The van der Waals surface area contributed by atoms with E-state index in [1.165, 1.54) is 6.92 Å². The molecule has 2 aromatic rings. The number of nitrogens with zero attached hydrogens (tertiary/aromatic N) is 1. The fraction of sp³-hybridized carbons (Fsp3) is 0.387. The van der Waals surface area contributed by atoms with Crippen LogP contribution >= 0.6 is 0 Å². The molecule has 16 heteroatoms. The lowest BCUT2D eigenvalue weighted by atomic mass is 10.1. The summed E-state index contributed by atoms with van der Waals surface area (Å²) in [5, 5.41) is 21.6. The van der Waals surface area contributed by atoms with E-state index in [1.807, 2.05) is 30.3 Å². The Hall–Kier alpha value is -5.51. The second-order valence-corrected chi connectivity index (χ2v) is 10.7. The number of hydrogen-bond donors (Lipinski definition) is 9. The van der Waals surface area contributed by atoms with Gasteiger partial charge in [0.15, 0.2) is 5.96 Å². The zero-order valence-electron chi connectivity index (χ0n) is 26.1. The van der Waals surface area contributed by atoms with E-state index in [0.717, 1.165) is 5.56 Å². The van der Waals surface area contributed by atoms with Gasteiger partial charge >= 0.3 is 5.97 Å². The molecule has 0 radical (unpaired) electrons. The van der Waals surface area contributed by atoms with Crippen LogP contribution in [0.25, 0.3) is 0 Å². The zero-order valence-corrected chi connectivity index (χ0v) is 26.1. The number of carboxylic acids is 1. The van der Waals surface area contributed by atoms with Gasteiger partial charge in [-0.3, -0.25) is 29.0 Å². The number of hydrogen-bond acceptors (Lipinski definition) is 8. The van der Waals surface area contributed by atoms with Crippen molar-refractivity contribution in [1.29, 1.82) is 0 Å². The number of carboxylic acid groups (broad SMARTS) is 1. The molecule has 0 aliphatic heterocycles. The molecule has 47 heavy (non-hydrogen) atoms. The first kappa shape index (κ1) is 37.7. The Kier molecular flexibility index (Phi) is 15.9. The highest BCUT2D eigenvalue weighted by molar-refractivity contribution is 5.94. The molecule has 0 saturated heterocycles. The lowest BCUT2D eigenvalue weighted by molar-refractivity contribution is -0.142. The van der Waals surface area contributed by atoms with Crippen LogP contribution in [0, 0.1) is 0 Å². The van der Waals surface area contributed by atoms with E-state index in [1.54, 1.807) is 30.3 Å². The first-order valence-corrected chi connectivity index (χ1v) is 14.9. The molecular formula is C31H43N9O7. The van der Waals surface area contributed by atoms with Crippen molar-refractivity contribution in [3.63, 3.8) is 0 Å². The van der Waals surface area contributed by atoms with Crippen molar-refractivity contribution < 1.29 is 33.9 Å². The monoisotopic (exact) mass is 653 g/mol. The van der Waals surface area contributed by atoms with Crippen LogP contribution in [-0.4, -0.2) is 90.4 Å². The molecule has 4 atom stereocenters. The van der Waals surface area contributed by atoms with Gasteiger partial charge in [-0.25, -0.2) is 4.79 Å². The third-order valence-electron chi connectivity index (χ3n) is 6.75. The van der Waals surface area contributed by atoms with Gasteiger partial charge in [-0.1, -0.05) is 60.7 Å². The molecule has 0 aromatic heterocycles. The molecule has 0 saturated carbocycles. The van der Waals surface area contributed by atoms with E-state index in [0.29, 0.717) is 5.56 Å². The smallest absolute Gasteiger partial charge is 0.326 e. The van der Waals surface area contributed by atoms with Crippen molar-refractivity contribution in [2.24, 2.45) is 22.2 Å². The van der Waals surface area contributed by atoms with Crippen LogP contribution in [-0.2, 0) is 41.6 Å². The number of carbonyl (C=O) groups excluding carboxylic acids is 5. The standard InChI is InChI=1S/C31H43N9O7/c1-19(38-28(44)22(32)15-20-9-4-2-5-10-20)27(43)36-17-26(42)40-24(16-21-11-6-3-7-12-21)29(45)37-18-25(41)39-23(30(46)47)13-8-14-35-31(33)34/h2-7,9-12,19,22-24H,8,13-18,32H2,1H3,(H,36,43)(H,37,45)(H,38,44)(H,39,41)(H,40,42)(H,46,47)(H4,33,34,35). The SMILES string of the molecule is CC(NC(=O)C(N)Cc1ccccc1)C(=O)NCC(=O)NC(Cc1ccccc1)C(=O)NCC(=O)NC(CCCN=C(N)N)C(=O)O. The summed E-state index contributed by atoms with van der Waals surface area (Å²) >= 11 is 0. The normalized spacial score (nSPS) is 13.1. The number of aliphatic imine (C=N–C) groups is 1. The summed E-state index contributed by atoms with van der Waals surface area (Å²) in [4.78, 5) is 78.6. The Morgan fingerprint density at radius 2 is 1.23 bits per heavy atom. The Morgan fingerprint density at radius 1 is 0.723 bits per heavy atom. The van der Waals surface area contributed by atoms with Crippen LogP contribution in [0.3, 0.4) is 0 Å². The van der Waals surface area contributed by atoms with Gasteiger partial charge in [-0.15, -0.1) is 0 Å². The fourth-order valence-electron chi connectivity index (χ4n) is 4.27. The maximum Gasteiger partial charge on any atom is 0.326 e. The number of rotatable bonds is 19. The third-order valence-corrected chi connectivity index (χ3v) is 6.75. The van der Waals surface area contributed by atoms with Crippen molar-refractivity contribution in [1.82, 2.24) is 26.6 Å². The first-order valence-electron chi connectivity index (χ1n) is 14.9. The Bertz CT molecular complexity index is 1390. The molecule has 0 fully saturated rings. The van der Waals surface area contributed by atoms with Crippen LogP contribution in [0.1, 0.15) is 30.9 Å². The number of amides is 5. The highest BCUT2D eigenvalue weighted by atomic mass is 16.4. The molecule has 0 bridgehead atoms. The molecule has 12 N–H and O–H groups in total. The van der Waals surface area contributed by atoms with E-state index < -0.39 is 72.8 Å². The minimum Gasteiger partial charge on any atom is -0.480 e. The molecular weight excluding hydrogens is 610 g/mol. The fourth-order valence-corrected chi connectivity index (χ4v) is 4.27. The molecule has 2 rings (SSSR count). The quantitative estimate of drug-likeness (QED) is 0.0442. The lowest BCUT2D eigenvalue weighted by Gasteiger charge is -2.20. The molecule has 5 amide bonds. The maximum atomic E-state index is 13.0. The summed E-state index contributed by atoms with van der Waals surface area (Å²) in [6.07, 6.45) is 0.669. The predicted molar refractivity (Wildman–Crippen MR) is 173 cm³/mol. The van der Waals surface area contributed by atoms with Crippen molar-refractivity contribution in [3.05, 3.63) is 71.8 Å². The van der Waals surface area contributed by atoms with Crippen LogP contribution in [0.5, 0.6) is 0 Å².